The number of halogens is 1. The Labute approximate surface area is 242 Å². The molecule has 0 saturated heterocycles. The Kier molecular flexibility index (Phi) is 5.42. The summed E-state index contributed by atoms with van der Waals surface area (Å²) in [6.45, 7) is 5.42. The van der Waals surface area contributed by atoms with Crippen LogP contribution in [0.1, 0.15) is 6.92 Å². The molecule has 0 radical (unpaired) electrons. The van der Waals surface area contributed by atoms with Crippen LogP contribution >= 0.6 is 7.14 Å². The topological polar surface area (TPSA) is 17.1 Å². The molecule has 0 N–H and O–H groups in total. The van der Waals surface area contributed by atoms with E-state index in [-0.39, 0.29) is 0 Å². The van der Waals surface area contributed by atoms with Crippen molar-refractivity contribution in [3.8, 4) is 0 Å². The maximum atomic E-state index is 16.1. The average molecular weight is 561 g/mol. The van der Waals surface area contributed by atoms with E-state index in [2.05, 4.69) is 104 Å². The van der Waals surface area contributed by atoms with Gasteiger partial charge < -0.3 is 4.57 Å². The molecule has 0 aliphatic rings. The van der Waals surface area contributed by atoms with Crippen molar-refractivity contribution >= 4 is 82.4 Å². The largest absolute Gasteiger partial charge is 0.309 e. The van der Waals surface area contributed by atoms with Gasteiger partial charge in [-0.1, -0.05) is 110 Å². The number of rotatable bonds is 5. The molecule has 0 unspecified atom stereocenters. The molecule has 200 valence electrons. The number of hydrogen-bond acceptors (Lipinski definition) is 1. The van der Waals surface area contributed by atoms with Gasteiger partial charge in [0.05, 0.1) is 0 Å². The lowest BCUT2D eigenvalue weighted by Gasteiger charge is -2.25. The van der Waals surface area contributed by atoms with Crippen LogP contribution in [0.25, 0.3) is 64.6 Å². The molecule has 0 aliphatic carbocycles. The minimum absolute atomic E-state index is 0.466. The summed E-state index contributed by atoms with van der Waals surface area (Å²) in [6.07, 6.45) is 4.19. The van der Waals surface area contributed by atoms with Crippen LogP contribution in [0.5, 0.6) is 0 Å². The Morgan fingerprint density at radius 2 is 0.952 bits per heavy atom. The van der Waals surface area contributed by atoms with Crippen molar-refractivity contribution in [2.24, 2.45) is 0 Å². The van der Waals surface area contributed by atoms with Crippen LogP contribution in [-0.2, 0) is 4.57 Å². The second-order valence-electron chi connectivity index (χ2n) is 11.1. The van der Waals surface area contributed by atoms with Crippen LogP contribution < -0.4 is 10.6 Å². The van der Waals surface area contributed by atoms with E-state index in [1.807, 2.05) is 19.1 Å². The van der Waals surface area contributed by atoms with Gasteiger partial charge in [-0.3, -0.25) is 0 Å². The van der Waals surface area contributed by atoms with E-state index in [1.165, 1.54) is 22.9 Å². The lowest BCUT2D eigenvalue weighted by molar-refractivity contribution is 0.591. The summed E-state index contributed by atoms with van der Waals surface area (Å²) in [5, 5.41) is 15.5. The number of allylic oxidation sites excluding steroid dienone is 5. The lowest BCUT2D eigenvalue weighted by atomic mass is 9.94. The van der Waals surface area contributed by atoms with Gasteiger partial charge in [-0.2, -0.15) is 0 Å². The van der Waals surface area contributed by atoms with Crippen molar-refractivity contribution in [1.82, 2.24) is 0 Å². The number of hydrogen-bond donors (Lipinski definition) is 0. The molecule has 0 amide bonds. The summed E-state index contributed by atoms with van der Waals surface area (Å²) in [5.41, 5.74) is 0. The van der Waals surface area contributed by atoms with Crippen molar-refractivity contribution in [2.45, 2.75) is 6.92 Å². The highest BCUT2D eigenvalue weighted by molar-refractivity contribution is 7.83. The zero-order chi connectivity index (χ0) is 28.6. The fraction of sp³-hybridized carbons (Fsp3) is 0.0256. The van der Waals surface area contributed by atoms with Crippen molar-refractivity contribution in [1.29, 1.82) is 0 Å². The Bertz CT molecular complexity index is 2300. The molecule has 0 fully saturated rings. The monoisotopic (exact) mass is 560 g/mol. The highest BCUT2D eigenvalue weighted by atomic mass is 31.2. The van der Waals surface area contributed by atoms with E-state index in [4.69, 9.17) is 0 Å². The summed E-state index contributed by atoms with van der Waals surface area (Å²) in [5.74, 6) is -0.466. The average Bonchev–Trinajstić information content (AvgIpc) is 3.04. The third-order valence-electron chi connectivity index (χ3n) is 8.87. The van der Waals surface area contributed by atoms with Crippen LogP contribution in [0.3, 0.4) is 0 Å². The van der Waals surface area contributed by atoms with Gasteiger partial charge in [0.25, 0.3) is 0 Å². The van der Waals surface area contributed by atoms with Crippen LogP contribution in [0, 0.1) is 0 Å². The Morgan fingerprint density at radius 3 is 1.38 bits per heavy atom. The fourth-order valence-electron chi connectivity index (χ4n) is 6.87. The van der Waals surface area contributed by atoms with Crippen molar-refractivity contribution in [3.63, 3.8) is 0 Å². The molecular formula is C39H26FOP. The van der Waals surface area contributed by atoms with E-state index in [0.29, 0.717) is 5.31 Å². The van der Waals surface area contributed by atoms with E-state index in [1.54, 1.807) is 6.08 Å². The minimum Gasteiger partial charge on any atom is -0.309 e. The molecule has 0 atom stereocenters. The fourth-order valence-corrected chi connectivity index (χ4v) is 9.80. The van der Waals surface area contributed by atoms with Gasteiger partial charge in [0.15, 0.2) is 7.14 Å². The van der Waals surface area contributed by atoms with E-state index in [9.17, 15) is 4.39 Å². The van der Waals surface area contributed by atoms with Crippen molar-refractivity contribution in [2.75, 3.05) is 0 Å². The Hall–Kier alpha value is -4.78. The summed E-state index contributed by atoms with van der Waals surface area (Å²) in [7, 11) is -3.48. The SMILES string of the molecule is C=C/C(F)=C\C=C(/C)P(=O)(c1ccc2ccc3cccc4ccc1c2c34)c1ccc2ccc3cccc4ccc1c2c34. The molecule has 3 heteroatoms. The van der Waals surface area contributed by atoms with Crippen molar-refractivity contribution < 1.29 is 8.96 Å². The second-order valence-corrected chi connectivity index (χ2v) is 13.9. The standard InChI is InChI=1S/C39H26FOP/c1-3-31(40)19-10-24(2)42(41,34-22-17-29-13-11-25-6-4-8-27-15-20-32(34)38(29)36(25)27)35-23-18-30-14-12-26-7-5-9-28-16-21-33(35)39(30)37(26)28/h3-23H,1H2,2H3/b24-10+,31-19+. The van der Waals surface area contributed by atoms with E-state index >= 15 is 4.57 Å². The Balaban J connectivity index is 1.53. The molecule has 0 spiro atoms. The predicted molar refractivity (Wildman–Crippen MR) is 180 cm³/mol. The van der Waals surface area contributed by atoms with Crippen LogP contribution in [0.15, 0.2) is 145 Å². The zero-order valence-corrected chi connectivity index (χ0v) is 24.0. The quantitative estimate of drug-likeness (QED) is 0.116. The molecule has 42 heavy (non-hydrogen) atoms. The minimum atomic E-state index is -3.48. The molecule has 8 aromatic rings. The summed E-state index contributed by atoms with van der Waals surface area (Å²) >= 11 is 0. The van der Waals surface area contributed by atoms with Crippen LogP contribution in [0.2, 0.25) is 0 Å². The van der Waals surface area contributed by atoms with Gasteiger partial charge >= 0.3 is 0 Å². The third kappa shape index (κ3) is 3.39. The van der Waals surface area contributed by atoms with Gasteiger partial charge in [-0.15, -0.1) is 0 Å². The van der Waals surface area contributed by atoms with Crippen molar-refractivity contribution in [3.05, 3.63) is 145 Å². The van der Waals surface area contributed by atoms with Gasteiger partial charge in [-0.25, -0.2) is 4.39 Å². The summed E-state index contributed by atoms with van der Waals surface area (Å²) < 4.78 is 30.4. The van der Waals surface area contributed by atoms with Gasteiger partial charge in [-0.05, 0) is 101 Å². The molecular weight excluding hydrogens is 534 g/mol. The highest BCUT2D eigenvalue weighted by Crippen LogP contribution is 2.55. The molecule has 0 heterocycles. The zero-order valence-electron chi connectivity index (χ0n) is 23.1. The maximum Gasteiger partial charge on any atom is 0.168 e. The van der Waals surface area contributed by atoms with Crippen LogP contribution in [-0.4, -0.2) is 0 Å². The first-order valence-electron chi connectivity index (χ1n) is 14.1. The first kappa shape index (κ1) is 25.0. The lowest BCUT2D eigenvalue weighted by Crippen LogP contribution is -2.19. The molecule has 1 nitrogen and oxygen atoms in total. The normalized spacial score (nSPS) is 13.5. The maximum absolute atomic E-state index is 16.1. The summed E-state index contributed by atoms with van der Waals surface area (Å²) in [4.78, 5) is 0. The second kappa shape index (κ2) is 9.11. The molecule has 8 rings (SSSR count). The Morgan fingerprint density at radius 1 is 0.571 bits per heavy atom. The molecule has 0 aromatic heterocycles. The molecule has 0 bridgehead atoms. The highest BCUT2D eigenvalue weighted by Gasteiger charge is 2.34. The van der Waals surface area contributed by atoms with Crippen LogP contribution in [0.4, 0.5) is 4.39 Å². The van der Waals surface area contributed by atoms with E-state index in [0.717, 1.165) is 64.5 Å². The third-order valence-corrected chi connectivity index (χ3v) is 12.1. The van der Waals surface area contributed by atoms with E-state index < -0.39 is 13.0 Å². The first-order chi connectivity index (χ1) is 20.5. The number of benzene rings is 8. The van der Waals surface area contributed by atoms with Gasteiger partial charge in [0.1, 0.15) is 5.83 Å². The molecule has 8 aromatic carbocycles. The summed E-state index contributed by atoms with van der Waals surface area (Å²) in [6, 6.07) is 37.9. The van der Waals surface area contributed by atoms with Gasteiger partial charge in [0.2, 0.25) is 0 Å². The first-order valence-corrected chi connectivity index (χ1v) is 15.8. The molecule has 0 aliphatic heterocycles. The molecule has 0 saturated carbocycles. The predicted octanol–water partition coefficient (Wildman–Crippen LogP) is 10.7. The smallest absolute Gasteiger partial charge is 0.168 e. The van der Waals surface area contributed by atoms with Gasteiger partial charge in [0, 0.05) is 10.6 Å².